The maximum absolute atomic E-state index is 11.3. The molecule has 0 saturated carbocycles. The molecule has 1 rings (SSSR count). The van der Waals surface area contributed by atoms with Gasteiger partial charge in [0.25, 0.3) is 0 Å². The highest BCUT2D eigenvalue weighted by Gasteiger charge is 2.33. The SMILES string of the molecule is CC(C)C1COC(=O)N1CCCCl. The molecule has 0 bridgehead atoms. The molecule has 1 atom stereocenters. The molecule has 0 aromatic rings. The van der Waals surface area contributed by atoms with Gasteiger partial charge in [-0.15, -0.1) is 11.6 Å². The monoisotopic (exact) mass is 205 g/mol. The summed E-state index contributed by atoms with van der Waals surface area (Å²) in [5, 5.41) is 0. The van der Waals surface area contributed by atoms with E-state index < -0.39 is 0 Å². The number of hydrogen-bond donors (Lipinski definition) is 0. The Morgan fingerprint density at radius 3 is 2.92 bits per heavy atom. The van der Waals surface area contributed by atoms with Crippen LogP contribution in [0.25, 0.3) is 0 Å². The van der Waals surface area contributed by atoms with Gasteiger partial charge in [-0.1, -0.05) is 13.8 Å². The Morgan fingerprint density at radius 2 is 2.38 bits per heavy atom. The first-order valence-corrected chi connectivity index (χ1v) is 5.19. The van der Waals surface area contributed by atoms with Crippen LogP contribution in [0.1, 0.15) is 20.3 Å². The van der Waals surface area contributed by atoms with Crippen LogP contribution in [0, 0.1) is 5.92 Å². The highest BCUT2D eigenvalue weighted by molar-refractivity contribution is 6.17. The van der Waals surface area contributed by atoms with Crippen molar-refractivity contribution >= 4 is 17.7 Å². The zero-order chi connectivity index (χ0) is 9.84. The summed E-state index contributed by atoms with van der Waals surface area (Å²) >= 11 is 5.58. The lowest BCUT2D eigenvalue weighted by Crippen LogP contribution is -2.37. The molecule has 0 aromatic carbocycles. The summed E-state index contributed by atoms with van der Waals surface area (Å²) in [5.41, 5.74) is 0. The van der Waals surface area contributed by atoms with Crippen LogP contribution in [0.5, 0.6) is 0 Å². The maximum atomic E-state index is 11.3. The number of amides is 1. The summed E-state index contributed by atoms with van der Waals surface area (Å²) in [6.45, 7) is 5.44. The molecule has 0 spiro atoms. The second-order valence-electron chi connectivity index (χ2n) is 3.62. The van der Waals surface area contributed by atoms with Gasteiger partial charge in [0.05, 0.1) is 6.04 Å². The molecule has 0 aliphatic carbocycles. The standard InChI is InChI=1S/C9H16ClNO2/c1-7(2)8-6-13-9(12)11(8)5-3-4-10/h7-8H,3-6H2,1-2H3. The fraction of sp³-hybridized carbons (Fsp3) is 0.889. The first-order chi connectivity index (χ1) is 6.16. The minimum atomic E-state index is -0.191. The topological polar surface area (TPSA) is 29.5 Å². The number of cyclic esters (lactones) is 1. The Bertz CT molecular complexity index is 184. The minimum Gasteiger partial charge on any atom is -0.447 e. The third kappa shape index (κ3) is 2.50. The normalized spacial score (nSPS) is 22.6. The van der Waals surface area contributed by atoms with Crippen LogP contribution in [0.15, 0.2) is 0 Å². The van der Waals surface area contributed by atoms with E-state index in [0.717, 1.165) is 6.42 Å². The molecule has 0 aromatic heterocycles. The van der Waals surface area contributed by atoms with E-state index in [9.17, 15) is 4.79 Å². The highest BCUT2D eigenvalue weighted by Crippen LogP contribution is 2.19. The Balaban J connectivity index is 2.50. The Morgan fingerprint density at radius 1 is 1.69 bits per heavy atom. The van der Waals surface area contributed by atoms with Crippen molar-refractivity contribution in [3.05, 3.63) is 0 Å². The van der Waals surface area contributed by atoms with Gasteiger partial charge in [-0.3, -0.25) is 0 Å². The maximum Gasteiger partial charge on any atom is 0.410 e. The van der Waals surface area contributed by atoms with Crippen LogP contribution in [0.3, 0.4) is 0 Å². The predicted molar refractivity (Wildman–Crippen MR) is 52.0 cm³/mol. The van der Waals surface area contributed by atoms with E-state index in [4.69, 9.17) is 16.3 Å². The molecule has 1 fully saturated rings. The molecule has 0 N–H and O–H groups in total. The van der Waals surface area contributed by atoms with Crippen molar-refractivity contribution in [1.82, 2.24) is 4.90 Å². The van der Waals surface area contributed by atoms with Gasteiger partial charge in [0, 0.05) is 12.4 Å². The van der Waals surface area contributed by atoms with Gasteiger partial charge >= 0.3 is 6.09 Å². The summed E-state index contributed by atoms with van der Waals surface area (Å²) in [6.07, 6.45) is 0.642. The molecule has 1 unspecified atom stereocenters. The summed E-state index contributed by atoms with van der Waals surface area (Å²) in [4.78, 5) is 13.0. The number of hydrogen-bond acceptors (Lipinski definition) is 2. The largest absolute Gasteiger partial charge is 0.447 e. The van der Waals surface area contributed by atoms with Crippen LogP contribution in [-0.2, 0) is 4.74 Å². The molecule has 1 heterocycles. The van der Waals surface area contributed by atoms with Gasteiger partial charge in [-0.2, -0.15) is 0 Å². The number of alkyl halides is 1. The van der Waals surface area contributed by atoms with Crippen molar-refractivity contribution in [1.29, 1.82) is 0 Å². The van der Waals surface area contributed by atoms with E-state index >= 15 is 0 Å². The van der Waals surface area contributed by atoms with Crippen molar-refractivity contribution in [2.75, 3.05) is 19.0 Å². The first-order valence-electron chi connectivity index (χ1n) is 4.66. The second-order valence-corrected chi connectivity index (χ2v) is 4.00. The third-order valence-electron chi connectivity index (χ3n) is 2.31. The minimum absolute atomic E-state index is 0.191. The van der Waals surface area contributed by atoms with Gasteiger partial charge in [0.2, 0.25) is 0 Å². The van der Waals surface area contributed by atoms with E-state index in [1.807, 2.05) is 0 Å². The van der Waals surface area contributed by atoms with Crippen LogP contribution in [-0.4, -0.2) is 36.1 Å². The van der Waals surface area contributed by atoms with Gasteiger partial charge in [0.15, 0.2) is 0 Å². The molecular weight excluding hydrogens is 190 g/mol. The number of ether oxygens (including phenoxy) is 1. The van der Waals surface area contributed by atoms with Crippen LogP contribution in [0.4, 0.5) is 4.79 Å². The molecule has 1 saturated heterocycles. The lowest BCUT2D eigenvalue weighted by atomic mass is 10.0. The molecule has 0 radical (unpaired) electrons. The fourth-order valence-corrected chi connectivity index (χ4v) is 1.62. The molecule has 4 heteroatoms. The van der Waals surface area contributed by atoms with Crippen LogP contribution < -0.4 is 0 Å². The lowest BCUT2D eigenvalue weighted by Gasteiger charge is -2.23. The number of nitrogens with zero attached hydrogens (tertiary/aromatic N) is 1. The van der Waals surface area contributed by atoms with E-state index in [2.05, 4.69) is 13.8 Å². The van der Waals surface area contributed by atoms with Gasteiger partial charge in [-0.25, -0.2) is 4.79 Å². The Labute approximate surface area is 84.0 Å². The number of halogens is 1. The molecule has 3 nitrogen and oxygen atoms in total. The molecule has 1 aliphatic rings. The zero-order valence-electron chi connectivity index (χ0n) is 8.12. The van der Waals surface area contributed by atoms with Crippen LogP contribution in [0.2, 0.25) is 0 Å². The predicted octanol–water partition coefficient (Wildman–Crippen LogP) is 2.09. The Kier molecular flexibility index (Phi) is 3.85. The van der Waals surface area contributed by atoms with Crippen molar-refractivity contribution in [2.45, 2.75) is 26.3 Å². The van der Waals surface area contributed by atoms with Gasteiger partial charge in [-0.05, 0) is 12.3 Å². The van der Waals surface area contributed by atoms with Gasteiger partial charge < -0.3 is 9.64 Å². The molecule has 13 heavy (non-hydrogen) atoms. The Hall–Kier alpha value is -0.440. The second kappa shape index (κ2) is 4.70. The van der Waals surface area contributed by atoms with E-state index in [1.165, 1.54) is 0 Å². The number of carbonyl (C=O) groups is 1. The average Bonchev–Trinajstić information content (AvgIpc) is 2.43. The summed E-state index contributed by atoms with van der Waals surface area (Å²) in [5.74, 6) is 1.04. The van der Waals surface area contributed by atoms with Crippen molar-refractivity contribution < 1.29 is 9.53 Å². The van der Waals surface area contributed by atoms with E-state index in [0.29, 0.717) is 24.9 Å². The lowest BCUT2D eigenvalue weighted by molar-refractivity contribution is 0.157. The quantitative estimate of drug-likeness (QED) is 0.658. The molecule has 1 aliphatic heterocycles. The number of rotatable bonds is 4. The van der Waals surface area contributed by atoms with E-state index in [-0.39, 0.29) is 12.1 Å². The van der Waals surface area contributed by atoms with E-state index in [1.54, 1.807) is 4.90 Å². The fourth-order valence-electron chi connectivity index (χ4n) is 1.50. The number of carbonyl (C=O) groups excluding carboxylic acids is 1. The van der Waals surface area contributed by atoms with Gasteiger partial charge in [0.1, 0.15) is 6.61 Å². The van der Waals surface area contributed by atoms with Crippen molar-refractivity contribution in [3.8, 4) is 0 Å². The average molecular weight is 206 g/mol. The summed E-state index contributed by atoms with van der Waals surface area (Å²) in [7, 11) is 0. The zero-order valence-corrected chi connectivity index (χ0v) is 8.88. The molecule has 76 valence electrons. The molecular formula is C9H16ClNO2. The summed E-state index contributed by atoms with van der Waals surface area (Å²) < 4.78 is 4.98. The highest BCUT2D eigenvalue weighted by atomic mass is 35.5. The molecule has 1 amide bonds. The summed E-state index contributed by atoms with van der Waals surface area (Å²) in [6, 6.07) is 0.232. The van der Waals surface area contributed by atoms with Crippen LogP contribution >= 0.6 is 11.6 Å². The smallest absolute Gasteiger partial charge is 0.410 e. The third-order valence-corrected chi connectivity index (χ3v) is 2.58. The first kappa shape index (κ1) is 10.6. The van der Waals surface area contributed by atoms with Crippen molar-refractivity contribution in [3.63, 3.8) is 0 Å². The van der Waals surface area contributed by atoms with Crippen molar-refractivity contribution in [2.24, 2.45) is 5.92 Å².